The van der Waals surface area contributed by atoms with Crippen LogP contribution in [0.4, 0.5) is 34.4 Å². The van der Waals surface area contributed by atoms with Gasteiger partial charge in [0.25, 0.3) is 0 Å². The van der Waals surface area contributed by atoms with Crippen molar-refractivity contribution >= 4 is 43.4 Å². The van der Waals surface area contributed by atoms with Crippen LogP contribution in [0.25, 0.3) is 10.4 Å². The number of thiazole rings is 1. The fourth-order valence-electron chi connectivity index (χ4n) is 6.10. The number of hydrogen-bond donors (Lipinski definition) is 3. The Kier molecular flexibility index (Phi) is 10.5. The van der Waals surface area contributed by atoms with E-state index in [2.05, 4.69) is 59.8 Å². The molecule has 0 aliphatic heterocycles. The monoisotopic (exact) mass is 732 g/mol. The van der Waals surface area contributed by atoms with E-state index in [-0.39, 0.29) is 22.9 Å². The van der Waals surface area contributed by atoms with Gasteiger partial charge in [0, 0.05) is 30.1 Å². The Hall–Kier alpha value is -3.56. The summed E-state index contributed by atoms with van der Waals surface area (Å²) in [6, 6.07) is 3.62. The number of amides is 3. The second-order valence-corrected chi connectivity index (χ2v) is 21.5. The lowest BCUT2D eigenvalue weighted by atomic mass is 9.81. The average molecular weight is 733 g/mol. The van der Waals surface area contributed by atoms with Gasteiger partial charge in [0.15, 0.2) is 8.32 Å². The molecule has 2 heterocycles. The normalized spacial score (nSPS) is 16.9. The first-order valence-electron chi connectivity index (χ1n) is 17.0. The third-order valence-corrected chi connectivity index (χ3v) is 15.5. The molecule has 2 aromatic heterocycles. The van der Waals surface area contributed by atoms with Crippen molar-refractivity contribution in [3.05, 3.63) is 46.9 Å². The number of anilines is 2. The van der Waals surface area contributed by atoms with E-state index in [0.29, 0.717) is 17.3 Å². The van der Waals surface area contributed by atoms with Crippen LogP contribution in [0.2, 0.25) is 18.1 Å². The van der Waals surface area contributed by atoms with E-state index in [0.717, 1.165) is 66.6 Å². The lowest BCUT2D eigenvalue weighted by Crippen LogP contribution is -2.51. The maximum Gasteiger partial charge on any atom is 0.433 e. The quantitative estimate of drug-likeness (QED) is 0.197. The van der Waals surface area contributed by atoms with Gasteiger partial charge in [0.2, 0.25) is 5.95 Å². The van der Waals surface area contributed by atoms with Crippen molar-refractivity contribution in [1.29, 1.82) is 0 Å². The molecule has 15 heteroatoms. The van der Waals surface area contributed by atoms with Crippen molar-refractivity contribution in [3.8, 4) is 16.2 Å². The Morgan fingerprint density at radius 2 is 1.66 bits per heavy atom. The zero-order valence-electron chi connectivity index (χ0n) is 29.9. The molecule has 5 rings (SSSR count). The molecular formula is C35H47F3N6O4SSi. The summed E-state index contributed by atoms with van der Waals surface area (Å²) in [5.41, 5.74) is -0.254. The van der Waals surface area contributed by atoms with Gasteiger partial charge in [0.1, 0.15) is 22.1 Å². The van der Waals surface area contributed by atoms with Gasteiger partial charge in [-0.15, -0.1) is 11.3 Å². The van der Waals surface area contributed by atoms with Gasteiger partial charge in [-0.3, -0.25) is 5.32 Å². The molecule has 3 amide bonds. The second-order valence-electron chi connectivity index (χ2n) is 15.7. The molecule has 2 aliphatic rings. The highest BCUT2D eigenvalue weighted by molar-refractivity contribution is 7.15. The maximum absolute atomic E-state index is 13.3. The maximum atomic E-state index is 13.3. The van der Waals surface area contributed by atoms with E-state index in [9.17, 15) is 22.8 Å². The summed E-state index contributed by atoms with van der Waals surface area (Å²) < 4.78 is 52.3. The van der Waals surface area contributed by atoms with E-state index >= 15 is 0 Å². The predicted molar refractivity (Wildman–Crippen MR) is 191 cm³/mol. The lowest BCUT2D eigenvalue weighted by molar-refractivity contribution is -0.141. The molecule has 2 saturated carbocycles. The number of urea groups is 1. The fourth-order valence-corrected chi connectivity index (χ4v) is 8.88. The van der Waals surface area contributed by atoms with Gasteiger partial charge in [0.05, 0.1) is 10.6 Å². The molecule has 2 aliphatic carbocycles. The summed E-state index contributed by atoms with van der Waals surface area (Å²) in [7, 11) is -2.15. The molecular weight excluding hydrogens is 686 g/mol. The highest BCUT2D eigenvalue weighted by Crippen LogP contribution is 2.53. The molecule has 0 atom stereocenters. The first-order valence-corrected chi connectivity index (χ1v) is 20.7. The minimum atomic E-state index is -4.72. The first kappa shape index (κ1) is 37.7. The zero-order valence-corrected chi connectivity index (χ0v) is 31.7. The molecule has 0 bridgehead atoms. The Balaban J connectivity index is 1.53. The van der Waals surface area contributed by atoms with Crippen molar-refractivity contribution < 1.29 is 31.9 Å². The lowest BCUT2D eigenvalue weighted by Gasteiger charge is -2.49. The van der Waals surface area contributed by atoms with Crippen LogP contribution in [0.5, 0.6) is 5.75 Å². The molecule has 0 unspecified atom stereocenters. The third-order valence-electron chi connectivity index (χ3n) is 9.75. The molecule has 0 radical (unpaired) electrons. The number of ether oxygens (including phenoxy) is 1. The van der Waals surface area contributed by atoms with Crippen LogP contribution < -0.4 is 20.7 Å². The largest absolute Gasteiger partial charge is 0.433 e. The van der Waals surface area contributed by atoms with Crippen LogP contribution >= 0.6 is 11.3 Å². The summed E-state index contributed by atoms with van der Waals surface area (Å²) in [4.78, 5) is 39.1. The van der Waals surface area contributed by atoms with Crippen LogP contribution in [0.1, 0.15) is 103 Å². The predicted octanol–water partition coefficient (Wildman–Crippen LogP) is 9.99. The first-order chi connectivity index (χ1) is 23.2. The standard InChI is InChI=1S/C35H47F3N6O4SSi/c1-32(2,3)27-23(25-20-40-28(49-25)34(15-11-16-34)48-50(7,8)33(4,5)6)18-22(19-24(27)42-30(45)41-21-12-9-10-13-21)47-31(46)44-29-39-17-14-26(43-29)35(36,37)38/h14,17-21H,9-13,15-16H2,1-8H3,(H2,41,42,45)(H,39,43,44,46). The molecule has 2 fully saturated rings. The second kappa shape index (κ2) is 13.9. The molecule has 0 spiro atoms. The van der Waals surface area contributed by atoms with Crippen molar-refractivity contribution in [2.45, 2.75) is 128 Å². The van der Waals surface area contributed by atoms with Gasteiger partial charge in [-0.25, -0.2) is 24.5 Å². The van der Waals surface area contributed by atoms with E-state index in [1.165, 1.54) is 11.3 Å². The van der Waals surface area contributed by atoms with E-state index in [1.54, 1.807) is 18.3 Å². The molecule has 10 nitrogen and oxygen atoms in total. The van der Waals surface area contributed by atoms with Crippen LogP contribution in [0, 0.1) is 0 Å². The van der Waals surface area contributed by atoms with Gasteiger partial charge in [-0.1, -0.05) is 54.4 Å². The minimum absolute atomic E-state index is 0.0140. The summed E-state index contributed by atoms with van der Waals surface area (Å²) in [5, 5.41) is 9.12. The van der Waals surface area contributed by atoms with Gasteiger partial charge in [-0.05, 0) is 73.3 Å². The Bertz CT molecular complexity index is 1720. The SMILES string of the molecule is CC(C)(C)c1c(NC(=O)NC2CCCC2)cc(OC(=O)Nc2nccc(C(F)(F)F)n2)cc1-c1cnc(C2(O[Si](C)(C)C(C)(C)C)CCC2)s1. The summed E-state index contributed by atoms with van der Waals surface area (Å²) in [6.07, 6.45) is 3.54. The van der Waals surface area contributed by atoms with Gasteiger partial charge < -0.3 is 19.8 Å². The van der Waals surface area contributed by atoms with Gasteiger partial charge >= 0.3 is 18.3 Å². The molecule has 3 N–H and O–H groups in total. The smallest absolute Gasteiger partial charge is 0.410 e. The Morgan fingerprint density at radius 1 is 0.980 bits per heavy atom. The number of aromatic nitrogens is 3. The van der Waals surface area contributed by atoms with Crippen LogP contribution in [0.3, 0.4) is 0 Å². The highest BCUT2D eigenvalue weighted by Gasteiger charge is 2.50. The van der Waals surface area contributed by atoms with Crippen molar-refractivity contribution in [2.24, 2.45) is 0 Å². The number of halogens is 3. The molecule has 3 aromatic rings. The summed E-state index contributed by atoms with van der Waals surface area (Å²) in [5.74, 6) is -0.509. The number of benzene rings is 1. The van der Waals surface area contributed by atoms with Crippen LogP contribution in [-0.4, -0.2) is 41.4 Å². The molecule has 272 valence electrons. The van der Waals surface area contributed by atoms with Crippen molar-refractivity contribution in [1.82, 2.24) is 20.3 Å². The minimum Gasteiger partial charge on any atom is -0.410 e. The molecule has 50 heavy (non-hydrogen) atoms. The number of alkyl halides is 3. The third kappa shape index (κ3) is 8.48. The molecule has 0 saturated heterocycles. The summed E-state index contributed by atoms with van der Waals surface area (Å²) >= 11 is 1.51. The molecule has 1 aromatic carbocycles. The number of carbonyl (C=O) groups excluding carboxylic acids is 2. The zero-order chi connectivity index (χ0) is 36.7. The Morgan fingerprint density at radius 3 is 2.24 bits per heavy atom. The highest BCUT2D eigenvalue weighted by atomic mass is 32.1. The van der Waals surface area contributed by atoms with E-state index in [4.69, 9.17) is 14.1 Å². The van der Waals surface area contributed by atoms with Crippen LogP contribution in [-0.2, 0) is 21.6 Å². The number of hydrogen-bond acceptors (Lipinski definition) is 8. The van der Waals surface area contributed by atoms with Crippen molar-refractivity contribution in [3.63, 3.8) is 0 Å². The topological polar surface area (TPSA) is 127 Å². The number of nitrogens with one attached hydrogen (secondary N) is 3. The fraction of sp³-hybridized carbons (Fsp3) is 0.571. The Labute approximate surface area is 296 Å². The van der Waals surface area contributed by atoms with E-state index in [1.807, 2.05) is 20.8 Å². The van der Waals surface area contributed by atoms with E-state index < -0.39 is 43.2 Å². The number of carbonyl (C=O) groups is 2. The van der Waals surface area contributed by atoms with Crippen molar-refractivity contribution in [2.75, 3.05) is 10.6 Å². The van der Waals surface area contributed by atoms with Gasteiger partial charge in [-0.2, -0.15) is 13.2 Å². The number of rotatable bonds is 8. The average Bonchev–Trinajstić information content (AvgIpc) is 3.66. The summed E-state index contributed by atoms with van der Waals surface area (Å²) in [6.45, 7) is 17.2. The number of nitrogens with zero attached hydrogens (tertiary/aromatic N) is 3. The van der Waals surface area contributed by atoms with Crippen LogP contribution in [0.15, 0.2) is 30.6 Å².